The molecule has 1 aliphatic rings. The van der Waals surface area contributed by atoms with Gasteiger partial charge in [0.1, 0.15) is 0 Å². The molecule has 0 aliphatic carbocycles. The average molecular weight is 244 g/mol. The van der Waals surface area contributed by atoms with Crippen molar-refractivity contribution in [1.82, 2.24) is 0 Å². The minimum atomic E-state index is -4.29. The van der Waals surface area contributed by atoms with Gasteiger partial charge in [0.15, 0.2) is 0 Å². The Balaban J connectivity index is 2.38. The van der Waals surface area contributed by atoms with Gasteiger partial charge in [-0.15, -0.1) is 0 Å². The predicted molar refractivity (Wildman–Crippen MR) is 62.3 cm³/mol. The summed E-state index contributed by atoms with van der Waals surface area (Å²) in [5, 5.41) is 6.28. The van der Waals surface area contributed by atoms with Gasteiger partial charge in [-0.25, -0.2) is 0 Å². The van der Waals surface area contributed by atoms with Crippen LogP contribution in [0.2, 0.25) is 0 Å². The topological polar surface area (TPSA) is 24.1 Å². The monoisotopic (exact) mass is 244 g/mol. The first-order chi connectivity index (χ1) is 7.78. The van der Waals surface area contributed by atoms with Gasteiger partial charge < -0.3 is 10.6 Å². The molecule has 5 heteroatoms. The summed E-state index contributed by atoms with van der Waals surface area (Å²) in [7, 11) is 0. The van der Waals surface area contributed by atoms with E-state index in [1.807, 2.05) is 13.8 Å². The number of hydrogen-bond donors (Lipinski definition) is 2. The maximum atomic E-state index is 12.6. The van der Waals surface area contributed by atoms with Crippen molar-refractivity contribution in [3.8, 4) is 0 Å². The normalized spacial score (nSPS) is 18.6. The molecule has 0 aromatic heterocycles. The van der Waals surface area contributed by atoms with Crippen molar-refractivity contribution in [3.63, 3.8) is 0 Å². The quantitative estimate of drug-likeness (QED) is 0.727. The molecule has 1 aliphatic heterocycles. The molecule has 2 N–H and O–H groups in total. The molecule has 0 bridgehead atoms. The molecule has 0 amide bonds. The molecule has 1 heterocycles. The third kappa shape index (κ3) is 2.65. The van der Waals surface area contributed by atoms with E-state index in [1.54, 1.807) is 0 Å². The summed E-state index contributed by atoms with van der Waals surface area (Å²) >= 11 is 0. The average Bonchev–Trinajstić information content (AvgIpc) is 2.32. The van der Waals surface area contributed by atoms with Crippen LogP contribution in [0.5, 0.6) is 0 Å². The Bertz CT molecular complexity index is 424. The molecule has 0 spiro atoms. The van der Waals surface area contributed by atoms with Crippen LogP contribution in [0, 0.1) is 0 Å². The van der Waals surface area contributed by atoms with Crippen LogP contribution in [0.25, 0.3) is 0 Å². The summed E-state index contributed by atoms with van der Waals surface area (Å²) in [6.07, 6.45) is -3.44. The number of alkyl halides is 3. The van der Waals surface area contributed by atoms with Gasteiger partial charge in [-0.1, -0.05) is 0 Å². The summed E-state index contributed by atoms with van der Waals surface area (Å²) in [4.78, 5) is 0. The zero-order chi connectivity index (χ0) is 12.7. The lowest BCUT2D eigenvalue weighted by atomic mass is 10.0. The van der Waals surface area contributed by atoms with Gasteiger partial charge in [0.2, 0.25) is 0 Å². The number of anilines is 2. The summed E-state index contributed by atoms with van der Waals surface area (Å²) < 4.78 is 37.7. The Labute approximate surface area is 98.2 Å². The van der Waals surface area contributed by atoms with Gasteiger partial charge in [0.05, 0.1) is 16.9 Å². The van der Waals surface area contributed by atoms with E-state index in [-0.39, 0.29) is 5.54 Å². The SMILES string of the molecule is CC1(C)CCNc2cc(C(F)(F)F)ccc2N1. The maximum Gasteiger partial charge on any atom is 0.416 e. The van der Waals surface area contributed by atoms with Gasteiger partial charge in [-0.2, -0.15) is 13.2 Å². The zero-order valence-corrected chi connectivity index (χ0v) is 9.78. The Hall–Kier alpha value is -1.39. The van der Waals surface area contributed by atoms with Crippen molar-refractivity contribution in [3.05, 3.63) is 23.8 Å². The molecule has 1 aromatic carbocycles. The minimum absolute atomic E-state index is 0.113. The fraction of sp³-hybridized carbons (Fsp3) is 0.500. The maximum absolute atomic E-state index is 12.6. The van der Waals surface area contributed by atoms with Gasteiger partial charge in [-0.3, -0.25) is 0 Å². The third-order valence-electron chi connectivity index (χ3n) is 2.89. The highest BCUT2D eigenvalue weighted by Crippen LogP contribution is 2.36. The first-order valence-electron chi connectivity index (χ1n) is 5.51. The zero-order valence-electron chi connectivity index (χ0n) is 9.78. The summed E-state index contributed by atoms with van der Waals surface area (Å²) in [5.74, 6) is 0. The van der Waals surface area contributed by atoms with Crippen molar-refractivity contribution in [2.75, 3.05) is 17.2 Å². The predicted octanol–water partition coefficient (Wildman–Crippen LogP) is 3.71. The molecule has 2 rings (SSSR count). The van der Waals surface area contributed by atoms with Crippen LogP contribution in [0.3, 0.4) is 0 Å². The van der Waals surface area contributed by atoms with E-state index in [0.29, 0.717) is 12.2 Å². The van der Waals surface area contributed by atoms with Crippen LogP contribution in [0.15, 0.2) is 18.2 Å². The van der Waals surface area contributed by atoms with Crippen LogP contribution in [0.1, 0.15) is 25.8 Å². The number of halogens is 3. The molecule has 1 aromatic rings. The Kier molecular flexibility index (Phi) is 2.72. The van der Waals surface area contributed by atoms with E-state index >= 15 is 0 Å². The Morgan fingerprint density at radius 3 is 2.53 bits per heavy atom. The molecule has 17 heavy (non-hydrogen) atoms. The van der Waals surface area contributed by atoms with E-state index in [9.17, 15) is 13.2 Å². The molecular weight excluding hydrogens is 229 g/mol. The summed E-state index contributed by atoms with van der Waals surface area (Å²) in [5.41, 5.74) is 0.508. The van der Waals surface area contributed by atoms with Gasteiger partial charge in [0, 0.05) is 12.1 Å². The van der Waals surface area contributed by atoms with Crippen LogP contribution < -0.4 is 10.6 Å². The van der Waals surface area contributed by atoms with Crippen molar-refractivity contribution in [2.24, 2.45) is 0 Å². The number of fused-ring (bicyclic) bond motifs is 1. The van der Waals surface area contributed by atoms with Crippen molar-refractivity contribution >= 4 is 11.4 Å². The van der Waals surface area contributed by atoms with E-state index < -0.39 is 11.7 Å². The van der Waals surface area contributed by atoms with E-state index in [4.69, 9.17) is 0 Å². The first-order valence-corrected chi connectivity index (χ1v) is 5.51. The lowest BCUT2D eigenvalue weighted by Crippen LogP contribution is -2.30. The molecule has 0 fully saturated rings. The second kappa shape index (κ2) is 3.82. The van der Waals surface area contributed by atoms with E-state index in [0.717, 1.165) is 24.2 Å². The molecule has 0 saturated heterocycles. The lowest BCUT2D eigenvalue weighted by molar-refractivity contribution is -0.137. The minimum Gasteiger partial charge on any atom is -0.383 e. The molecule has 0 unspecified atom stereocenters. The van der Waals surface area contributed by atoms with E-state index in [1.165, 1.54) is 6.07 Å². The lowest BCUT2D eigenvalue weighted by Gasteiger charge is -2.25. The highest BCUT2D eigenvalue weighted by Gasteiger charge is 2.32. The van der Waals surface area contributed by atoms with Crippen LogP contribution in [-0.4, -0.2) is 12.1 Å². The fourth-order valence-corrected chi connectivity index (χ4v) is 1.91. The van der Waals surface area contributed by atoms with E-state index in [2.05, 4.69) is 10.6 Å². The molecular formula is C12H15F3N2. The van der Waals surface area contributed by atoms with Crippen molar-refractivity contribution < 1.29 is 13.2 Å². The molecule has 2 nitrogen and oxygen atoms in total. The van der Waals surface area contributed by atoms with Crippen molar-refractivity contribution in [1.29, 1.82) is 0 Å². The standard InChI is InChI=1S/C12H15F3N2/c1-11(2)5-6-16-10-7-8(12(13,14)15)3-4-9(10)17-11/h3-4,7,16-17H,5-6H2,1-2H3. The molecule has 0 radical (unpaired) electrons. The largest absolute Gasteiger partial charge is 0.416 e. The van der Waals surface area contributed by atoms with Gasteiger partial charge in [-0.05, 0) is 38.5 Å². The number of nitrogens with one attached hydrogen (secondary N) is 2. The molecule has 94 valence electrons. The Morgan fingerprint density at radius 1 is 1.18 bits per heavy atom. The highest BCUT2D eigenvalue weighted by molar-refractivity contribution is 5.71. The number of hydrogen-bond acceptors (Lipinski definition) is 2. The number of rotatable bonds is 0. The van der Waals surface area contributed by atoms with Gasteiger partial charge in [0.25, 0.3) is 0 Å². The molecule has 0 saturated carbocycles. The molecule has 0 atom stereocenters. The second-order valence-corrected chi connectivity index (χ2v) is 4.94. The highest BCUT2D eigenvalue weighted by atomic mass is 19.4. The smallest absolute Gasteiger partial charge is 0.383 e. The Morgan fingerprint density at radius 2 is 1.88 bits per heavy atom. The second-order valence-electron chi connectivity index (χ2n) is 4.94. The summed E-state index contributed by atoms with van der Waals surface area (Å²) in [6, 6.07) is 3.75. The number of benzene rings is 1. The van der Waals surface area contributed by atoms with Crippen LogP contribution in [-0.2, 0) is 6.18 Å². The van der Waals surface area contributed by atoms with Crippen LogP contribution >= 0.6 is 0 Å². The third-order valence-corrected chi connectivity index (χ3v) is 2.89. The van der Waals surface area contributed by atoms with Crippen molar-refractivity contribution in [2.45, 2.75) is 32.0 Å². The first kappa shape index (κ1) is 12.1. The van der Waals surface area contributed by atoms with Gasteiger partial charge >= 0.3 is 6.18 Å². The fourth-order valence-electron chi connectivity index (χ4n) is 1.91. The summed E-state index contributed by atoms with van der Waals surface area (Å²) in [6.45, 7) is 4.72. The van der Waals surface area contributed by atoms with Crippen LogP contribution in [0.4, 0.5) is 24.5 Å².